The Hall–Kier alpha value is -0.570. The van der Waals surface area contributed by atoms with Crippen molar-refractivity contribution >= 4 is 12.9 Å². The minimum Gasteiger partial charge on any atom is -0.504 e. The zero-order chi connectivity index (χ0) is 6.41. The van der Waals surface area contributed by atoms with Crippen molar-refractivity contribution in [1.29, 1.82) is 0 Å². The van der Waals surface area contributed by atoms with E-state index in [0.29, 0.717) is 5.76 Å². The molecule has 0 unspecified atom stereocenters. The lowest BCUT2D eigenvalue weighted by atomic mass is 10.5. The Kier molecular flexibility index (Phi) is 4.26. The lowest BCUT2D eigenvalue weighted by Gasteiger charge is -1.91. The fraction of sp³-hybridized carbons (Fsp3) is 0.200. The fourth-order valence-corrected chi connectivity index (χ4v) is 0.235. The maximum atomic E-state index is 4.56. The Morgan fingerprint density at radius 1 is 1.75 bits per heavy atom. The van der Waals surface area contributed by atoms with E-state index in [1.165, 1.54) is 6.26 Å². The Morgan fingerprint density at radius 3 is 2.75 bits per heavy atom. The molecule has 0 saturated heterocycles. The van der Waals surface area contributed by atoms with E-state index in [1.807, 2.05) is 0 Å². The quantitative estimate of drug-likeness (QED) is 0.271. The smallest absolute Gasteiger partial charge is 0.132 e. The average Bonchev–Trinajstić information content (AvgIpc) is 1.83. The third-order valence-corrected chi connectivity index (χ3v) is 0.742. The second-order valence-electron chi connectivity index (χ2n) is 1.10. The van der Waals surface area contributed by atoms with E-state index >= 15 is 0 Å². The van der Waals surface area contributed by atoms with Crippen LogP contribution in [0.4, 0.5) is 0 Å². The highest BCUT2D eigenvalue weighted by Crippen LogP contribution is 1.96. The highest BCUT2D eigenvalue weighted by Gasteiger charge is 1.78. The van der Waals surface area contributed by atoms with E-state index < -0.39 is 0 Å². The van der Waals surface area contributed by atoms with Gasteiger partial charge in [-0.15, -0.1) is 0 Å². The zero-order valence-corrected chi connectivity index (χ0v) is 5.52. The third-order valence-electron chi connectivity index (χ3n) is 0.507. The van der Waals surface area contributed by atoms with Crippen LogP contribution in [0.2, 0.25) is 0 Å². The number of hydrogen-bond acceptors (Lipinski definition) is 3. The summed E-state index contributed by atoms with van der Waals surface area (Å²) in [5.41, 5.74) is 0. The lowest BCUT2D eigenvalue weighted by molar-refractivity contribution is 0.336. The van der Waals surface area contributed by atoms with Gasteiger partial charge in [0.15, 0.2) is 0 Å². The van der Waals surface area contributed by atoms with E-state index in [1.54, 1.807) is 13.2 Å². The predicted octanol–water partition coefficient (Wildman–Crippen LogP) is 1.52. The first-order chi connectivity index (χ1) is 3.81. The molecule has 0 heterocycles. The van der Waals surface area contributed by atoms with E-state index in [4.69, 9.17) is 0 Å². The molecular formula is C5H8O2S. The van der Waals surface area contributed by atoms with Crippen molar-refractivity contribution in [3.05, 3.63) is 24.7 Å². The summed E-state index contributed by atoms with van der Waals surface area (Å²) in [6.45, 7) is 3.45. The molecule has 0 saturated carbocycles. The number of allylic oxidation sites excluding steroid dienone is 1. The van der Waals surface area contributed by atoms with Crippen molar-refractivity contribution in [3.63, 3.8) is 0 Å². The maximum absolute atomic E-state index is 4.56. The summed E-state index contributed by atoms with van der Waals surface area (Å²) in [5.74, 6) is 0.454. The van der Waals surface area contributed by atoms with Crippen LogP contribution in [0.1, 0.15) is 0 Å². The summed E-state index contributed by atoms with van der Waals surface area (Å²) >= 11 is 3.48. The van der Waals surface area contributed by atoms with Gasteiger partial charge in [-0.2, -0.15) is 0 Å². The molecule has 0 aromatic heterocycles. The third kappa shape index (κ3) is 3.61. The first-order valence-corrected chi connectivity index (χ1v) is 2.37. The number of hydrogen-bond donors (Lipinski definition) is 1. The zero-order valence-electron chi connectivity index (χ0n) is 4.63. The van der Waals surface area contributed by atoms with Crippen LogP contribution >= 0.6 is 12.9 Å². The summed E-state index contributed by atoms with van der Waals surface area (Å²) < 4.78 is 8.94. The van der Waals surface area contributed by atoms with Gasteiger partial charge in [0, 0.05) is 19.0 Å². The number of ether oxygens (including phenoxy) is 1. The average molecular weight is 132 g/mol. The molecule has 0 atom stereocenters. The topological polar surface area (TPSA) is 18.5 Å². The van der Waals surface area contributed by atoms with Gasteiger partial charge in [0.05, 0.1) is 13.4 Å². The molecule has 0 rings (SSSR count). The molecule has 46 valence electrons. The number of methoxy groups -OCH3 is 1. The van der Waals surface area contributed by atoms with Crippen molar-refractivity contribution in [2.45, 2.75) is 0 Å². The molecule has 0 aromatic carbocycles. The second kappa shape index (κ2) is 4.59. The Labute approximate surface area is 54.4 Å². The van der Waals surface area contributed by atoms with Crippen molar-refractivity contribution in [1.82, 2.24) is 0 Å². The lowest BCUT2D eigenvalue weighted by Crippen LogP contribution is -1.71. The Morgan fingerprint density at radius 2 is 2.38 bits per heavy atom. The molecular weight excluding hydrogens is 124 g/mol. The van der Waals surface area contributed by atoms with Gasteiger partial charge >= 0.3 is 0 Å². The van der Waals surface area contributed by atoms with E-state index in [-0.39, 0.29) is 0 Å². The van der Waals surface area contributed by atoms with Crippen LogP contribution in [0.15, 0.2) is 24.7 Å². The second-order valence-corrected chi connectivity index (χ2v) is 1.28. The molecule has 0 aliphatic carbocycles. The van der Waals surface area contributed by atoms with E-state index in [0.717, 1.165) is 0 Å². The number of rotatable bonds is 3. The predicted molar refractivity (Wildman–Crippen MR) is 35.4 cm³/mol. The largest absolute Gasteiger partial charge is 0.504 e. The summed E-state index contributed by atoms with van der Waals surface area (Å²) in [7, 11) is 1.54. The number of thiol groups is 1. The molecule has 3 heteroatoms. The summed E-state index contributed by atoms with van der Waals surface area (Å²) in [6.07, 6.45) is 3.02. The van der Waals surface area contributed by atoms with Gasteiger partial charge < -0.3 is 8.92 Å². The highest BCUT2D eigenvalue weighted by atomic mass is 32.1. The first kappa shape index (κ1) is 7.43. The maximum Gasteiger partial charge on any atom is 0.132 e. The minimum atomic E-state index is 0.454. The monoisotopic (exact) mass is 132 g/mol. The van der Waals surface area contributed by atoms with Gasteiger partial charge in [-0.25, -0.2) is 0 Å². The first-order valence-electron chi connectivity index (χ1n) is 2.01. The molecule has 0 aliphatic rings. The van der Waals surface area contributed by atoms with Crippen molar-refractivity contribution in [2.24, 2.45) is 0 Å². The fourth-order valence-electron chi connectivity index (χ4n) is 0.174. The molecule has 0 fully saturated rings. The normalized spacial score (nSPS) is 9.25. The van der Waals surface area contributed by atoms with Gasteiger partial charge in [-0.1, -0.05) is 6.58 Å². The molecule has 0 N–H and O–H groups in total. The van der Waals surface area contributed by atoms with Gasteiger partial charge in [0.2, 0.25) is 0 Å². The molecule has 8 heavy (non-hydrogen) atoms. The van der Waals surface area contributed by atoms with Crippen molar-refractivity contribution < 1.29 is 8.92 Å². The Balaban J connectivity index is 3.37. The van der Waals surface area contributed by atoms with Gasteiger partial charge in [0.25, 0.3) is 0 Å². The van der Waals surface area contributed by atoms with E-state index in [9.17, 15) is 0 Å². The molecule has 0 aliphatic heterocycles. The van der Waals surface area contributed by atoms with Gasteiger partial charge in [-0.3, -0.25) is 0 Å². The van der Waals surface area contributed by atoms with Crippen LogP contribution in [-0.2, 0) is 8.92 Å². The molecule has 2 nitrogen and oxygen atoms in total. The van der Waals surface area contributed by atoms with Crippen LogP contribution in [0, 0.1) is 0 Å². The van der Waals surface area contributed by atoms with Gasteiger partial charge in [-0.05, 0) is 0 Å². The van der Waals surface area contributed by atoms with Crippen LogP contribution in [0.25, 0.3) is 0 Å². The highest BCUT2D eigenvalue weighted by molar-refractivity contribution is 7.75. The summed E-state index contributed by atoms with van der Waals surface area (Å²) in [4.78, 5) is 0. The Bertz CT molecular complexity index is 98.6. The van der Waals surface area contributed by atoms with E-state index in [2.05, 4.69) is 28.4 Å². The van der Waals surface area contributed by atoms with Crippen LogP contribution in [0.5, 0.6) is 0 Å². The molecule has 0 aromatic rings. The van der Waals surface area contributed by atoms with Crippen LogP contribution < -0.4 is 0 Å². The van der Waals surface area contributed by atoms with Crippen LogP contribution in [-0.4, -0.2) is 7.11 Å². The van der Waals surface area contributed by atoms with Gasteiger partial charge in [0.1, 0.15) is 5.76 Å². The molecule has 0 bridgehead atoms. The van der Waals surface area contributed by atoms with Crippen molar-refractivity contribution in [2.75, 3.05) is 7.11 Å². The standard InChI is InChI=1S/C5H8O2S/c1-5(7-8)3-4-6-2/h3-4,8H,1H2,2H3/b4-3+. The molecule has 0 radical (unpaired) electrons. The molecule has 0 spiro atoms. The summed E-state index contributed by atoms with van der Waals surface area (Å²) in [6, 6.07) is 0. The van der Waals surface area contributed by atoms with Crippen LogP contribution in [0.3, 0.4) is 0 Å². The summed E-state index contributed by atoms with van der Waals surface area (Å²) in [5, 5.41) is 0. The van der Waals surface area contributed by atoms with Crippen molar-refractivity contribution in [3.8, 4) is 0 Å². The minimum absolute atomic E-state index is 0.454. The molecule has 0 amide bonds. The SMILES string of the molecule is C=C(/C=C/OC)OS.